The summed E-state index contributed by atoms with van der Waals surface area (Å²) < 4.78 is 40.5. The van der Waals surface area contributed by atoms with E-state index in [9.17, 15) is 12.8 Å². The van der Waals surface area contributed by atoms with Crippen LogP contribution in [0.5, 0.6) is 0 Å². The van der Waals surface area contributed by atoms with Crippen molar-refractivity contribution in [2.45, 2.75) is 43.4 Å². The van der Waals surface area contributed by atoms with E-state index >= 15 is 0 Å². The Kier molecular flexibility index (Phi) is 7.18. The van der Waals surface area contributed by atoms with Crippen LogP contribution in [0.15, 0.2) is 71.6 Å². The number of nitrogens with zero attached hydrogens (tertiary/aromatic N) is 1. The number of para-hydroxylation sites is 2. The van der Waals surface area contributed by atoms with Crippen LogP contribution in [-0.4, -0.2) is 21.5 Å². The third-order valence-electron chi connectivity index (χ3n) is 6.08. The van der Waals surface area contributed by atoms with E-state index in [1.807, 2.05) is 24.3 Å². The van der Waals surface area contributed by atoms with E-state index in [-0.39, 0.29) is 10.6 Å². The number of rotatable bonds is 2. The van der Waals surface area contributed by atoms with Crippen LogP contribution in [0.25, 0.3) is 0 Å². The van der Waals surface area contributed by atoms with Crippen LogP contribution in [0.4, 0.5) is 21.5 Å². The van der Waals surface area contributed by atoms with Crippen LogP contribution >= 0.6 is 0 Å². The van der Waals surface area contributed by atoms with Gasteiger partial charge >= 0.3 is 0 Å². The van der Waals surface area contributed by atoms with Crippen LogP contribution in [-0.2, 0) is 22.9 Å². The summed E-state index contributed by atoms with van der Waals surface area (Å²) in [5.74, 6) is -0.616. The minimum absolute atomic E-state index is 0.0168. The van der Waals surface area contributed by atoms with E-state index < -0.39 is 15.8 Å². The Hall–Kier alpha value is -3.06. The molecule has 2 heterocycles. The molecule has 0 bridgehead atoms. The molecule has 0 saturated heterocycles. The number of benzene rings is 3. The molecule has 0 saturated carbocycles. The zero-order valence-electron chi connectivity index (χ0n) is 18.6. The van der Waals surface area contributed by atoms with Crippen LogP contribution in [0.2, 0.25) is 0 Å². The molecule has 0 radical (unpaired) electrons. The van der Waals surface area contributed by atoms with Gasteiger partial charge in [0, 0.05) is 18.8 Å². The summed E-state index contributed by atoms with van der Waals surface area (Å²) in [4.78, 5) is 0.0168. The van der Waals surface area contributed by atoms with E-state index in [0.29, 0.717) is 12.2 Å². The first kappa shape index (κ1) is 23.1. The summed E-state index contributed by atoms with van der Waals surface area (Å²) in [6, 6.07) is 19.6. The smallest absolute Gasteiger partial charge is 0.264 e. The van der Waals surface area contributed by atoms with Crippen molar-refractivity contribution in [2.24, 2.45) is 0 Å². The summed E-state index contributed by atoms with van der Waals surface area (Å²) in [5.41, 5.74) is 9.88. The Bertz CT molecular complexity index is 1190. The highest BCUT2D eigenvalue weighted by Gasteiger charge is 2.28. The predicted molar refractivity (Wildman–Crippen MR) is 133 cm³/mol. The summed E-state index contributed by atoms with van der Waals surface area (Å²) in [7, 11) is -3.75. The summed E-state index contributed by atoms with van der Waals surface area (Å²) in [6.07, 6.45) is 6.44. The lowest BCUT2D eigenvalue weighted by Gasteiger charge is -2.24. The lowest BCUT2D eigenvalue weighted by Crippen LogP contribution is -2.32. The monoisotopic (exact) mass is 467 g/mol. The minimum Gasteiger partial charge on any atom is -0.396 e. The molecule has 7 heteroatoms. The van der Waals surface area contributed by atoms with Crippen LogP contribution in [0, 0.1) is 5.82 Å². The number of fused-ring (bicyclic) bond motifs is 2. The Morgan fingerprint density at radius 2 is 1.55 bits per heavy atom. The second kappa shape index (κ2) is 10.3. The maximum Gasteiger partial charge on any atom is 0.264 e. The van der Waals surface area contributed by atoms with Gasteiger partial charge < -0.3 is 11.1 Å². The molecule has 2 aliphatic heterocycles. The molecule has 0 aromatic heterocycles. The highest BCUT2D eigenvalue weighted by atomic mass is 32.2. The zero-order valence-corrected chi connectivity index (χ0v) is 19.5. The molecule has 0 aliphatic carbocycles. The minimum atomic E-state index is -3.75. The Morgan fingerprint density at radius 1 is 0.848 bits per heavy atom. The number of nitrogens with two attached hydrogens (primary N) is 1. The fourth-order valence-corrected chi connectivity index (χ4v) is 5.87. The van der Waals surface area contributed by atoms with Crippen molar-refractivity contribution in [1.82, 2.24) is 0 Å². The highest BCUT2D eigenvalue weighted by molar-refractivity contribution is 7.92. The SMILES string of the molecule is Nc1cc(S(=O)(=O)N2CCCCc3ccccc32)ccc1F.c1ccc2c(c1)CCCCN2. The van der Waals surface area contributed by atoms with Gasteiger partial charge in [-0.2, -0.15) is 0 Å². The summed E-state index contributed by atoms with van der Waals surface area (Å²) >= 11 is 0. The first-order valence-electron chi connectivity index (χ1n) is 11.4. The molecule has 5 rings (SSSR count). The maximum absolute atomic E-state index is 13.3. The summed E-state index contributed by atoms with van der Waals surface area (Å²) in [5, 5.41) is 3.43. The Morgan fingerprint density at radius 3 is 2.36 bits per heavy atom. The number of halogens is 1. The molecule has 174 valence electrons. The molecule has 5 nitrogen and oxygen atoms in total. The molecule has 2 aliphatic rings. The lowest BCUT2D eigenvalue weighted by atomic mass is 10.1. The van der Waals surface area contributed by atoms with E-state index in [0.717, 1.165) is 37.4 Å². The van der Waals surface area contributed by atoms with Crippen molar-refractivity contribution >= 4 is 27.1 Å². The van der Waals surface area contributed by atoms with Crippen LogP contribution < -0.4 is 15.4 Å². The second-order valence-electron chi connectivity index (χ2n) is 8.39. The predicted octanol–water partition coefficient (Wildman–Crippen LogP) is 5.37. The second-order valence-corrected chi connectivity index (χ2v) is 10.2. The van der Waals surface area contributed by atoms with Crippen molar-refractivity contribution in [3.8, 4) is 0 Å². The van der Waals surface area contributed by atoms with Gasteiger partial charge in [0.05, 0.1) is 16.3 Å². The Balaban J connectivity index is 0.000000196. The molecule has 3 aromatic carbocycles. The molecule has 0 unspecified atom stereocenters. The summed E-state index contributed by atoms with van der Waals surface area (Å²) in [6.45, 7) is 1.55. The standard InChI is InChI=1S/C16H17FN2O2S.C10H13N/c17-14-9-8-13(11-15(14)18)22(20,21)19-10-4-3-6-12-5-1-2-7-16(12)19;1-2-7-10-9(5-1)6-3-4-8-11-10/h1-2,5,7-9,11H,3-4,6,10,18H2;1-2,5,7,11H,3-4,6,8H2. The van der Waals surface area contributed by atoms with E-state index in [1.165, 1.54) is 47.0 Å². The van der Waals surface area contributed by atoms with Gasteiger partial charge in [0.2, 0.25) is 0 Å². The molecular formula is C26H30FN3O2S. The van der Waals surface area contributed by atoms with Gasteiger partial charge in [-0.15, -0.1) is 0 Å². The average molecular weight is 468 g/mol. The van der Waals surface area contributed by atoms with Gasteiger partial charge in [0.15, 0.2) is 0 Å². The number of hydrogen-bond acceptors (Lipinski definition) is 4. The fraction of sp³-hybridized carbons (Fsp3) is 0.308. The number of nitrogens with one attached hydrogen (secondary N) is 1. The van der Waals surface area contributed by atoms with E-state index in [4.69, 9.17) is 5.73 Å². The molecule has 3 N–H and O–H groups in total. The van der Waals surface area contributed by atoms with Crippen molar-refractivity contribution < 1.29 is 12.8 Å². The van der Waals surface area contributed by atoms with Gasteiger partial charge in [-0.05, 0) is 80.0 Å². The van der Waals surface area contributed by atoms with Gasteiger partial charge in [-0.25, -0.2) is 12.8 Å². The third-order valence-corrected chi connectivity index (χ3v) is 7.89. The van der Waals surface area contributed by atoms with Crippen LogP contribution in [0.1, 0.15) is 36.8 Å². The quantitative estimate of drug-likeness (QED) is 0.497. The molecule has 3 aromatic rings. The molecule has 0 fully saturated rings. The maximum atomic E-state index is 13.3. The number of hydrogen-bond donors (Lipinski definition) is 2. The molecule has 0 spiro atoms. The highest BCUT2D eigenvalue weighted by Crippen LogP contribution is 2.31. The number of nitrogen functional groups attached to an aromatic ring is 1. The number of sulfonamides is 1. The lowest BCUT2D eigenvalue weighted by molar-refractivity contribution is 0.588. The molecule has 0 amide bonds. The van der Waals surface area contributed by atoms with Crippen molar-refractivity contribution in [2.75, 3.05) is 28.4 Å². The first-order chi connectivity index (χ1) is 16.0. The van der Waals surface area contributed by atoms with Gasteiger partial charge in [0.1, 0.15) is 5.82 Å². The number of anilines is 3. The molecule has 0 atom stereocenters. The number of aryl methyl sites for hydroxylation is 2. The average Bonchev–Trinajstić information content (AvgIpc) is 3.20. The van der Waals surface area contributed by atoms with E-state index in [1.54, 1.807) is 0 Å². The molecule has 33 heavy (non-hydrogen) atoms. The van der Waals surface area contributed by atoms with Gasteiger partial charge in [-0.3, -0.25) is 4.31 Å². The first-order valence-corrected chi connectivity index (χ1v) is 12.9. The van der Waals surface area contributed by atoms with Crippen molar-refractivity contribution in [3.05, 3.63) is 83.7 Å². The fourth-order valence-electron chi connectivity index (χ4n) is 4.29. The van der Waals surface area contributed by atoms with Crippen molar-refractivity contribution in [3.63, 3.8) is 0 Å². The molecular weight excluding hydrogens is 437 g/mol. The largest absolute Gasteiger partial charge is 0.396 e. The topological polar surface area (TPSA) is 75.4 Å². The zero-order chi connectivity index (χ0) is 23.3. The van der Waals surface area contributed by atoms with Gasteiger partial charge in [-0.1, -0.05) is 36.4 Å². The Labute approximate surface area is 195 Å². The third kappa shape index (κ3) is 5.30. The van der Waals surface area contributed by atoms with E-state index in [2.05, 4.69) is 29.6 Å². The normalized spacial score (nSPS) is 15.6. The van der Waals surface area contributed by atoms with Crippen LogP contribution in [0.3, 0.4) is 0 Å². The van der Waals surface area contributed by atoms with Gasteiger partial charge in [0.25, 0.3) is 10.0 Å². The van der Waals surface area contributed by atoms with Crippen molar-refractivity contribution in [1.29, 1.82) is 0 Å².